The van der Waals surface area contributed by atoms with Gasteiger partial charge in [0.2, 0.25) is 5.91 Å². The number of halogens is 1. The fraction of sp³-hybridized carbons (Fsp3) is 0.478. The van der Waals surface area contributed by atoms with Crippen LogP contribution in [0.4, 0.5) is 14.9 Å². The van der Waals surface area contributed by atoms with E-state index in [1.54, 1.807) is 36.5 Å². The molecule has 2 aliphatic heterocycles. The molecule has 0 bridgehead atoms. The highest BCUT2D eigenvalue weighted by molar-refractivity contribution is 5.96. The summed E-state index contributed by atoms with van der Waals surface area (Å²) in [4.78, 5) is 41.3. The van der Waals surface area contributed by atoms with Crippen LogP contribution in [0.15, 0.2) is 24.4 Å². The number of carbonyl (C=O) groups is 3. The van der Waals surface area contributed by atoms with Crippen molar-refractivity contribution in [3.8, 4) is 0 Å². The van der Waals surface area contributed by atoms with Crippen molar-refractivity contribution in [2.45, 2.75) is 51.8 Å². The lowest BCUT2D eigenvalue weighted by Crippen LogP contribution is -2.46. The summed E-state index contributed by atoms with van der Waals surface area (Å²) >= 11 is 0. The Balaban J connectivity index is 1.93. The van der Waals surface area contributed by atoms with Crippen LogP contribution >= 0.6 is 0 Å². The average molecular weight is 458 g/mol. The summed E-state index contributed by atoms with van der Waals surface area (Å²) < 4.78 is 27.5. The van der Waals surface area contributed by atoms with Crippen LogP contribution in [0.2, 0.25) is 0 Å². The Labute approximate surface area is 191 Å². The van der Waals surface area contributed by atoms with Crippen LogP contribution < -0.4 is 4.90 Å². The number of methoxy groups -OCH3 is 1. The van der Waals surface area contributed by atoms with E-state index in [9.17, 15) is 14.4 Å². The number of nitrogens with zero attached hydrogens (tertiary/aromatic N) is 4. The third-order valence-electron chi connectivity index (χ3n) is 5.71. The summed E-state index contributed by atoms with van der Waals surface area (Å²) in [7, 11) is 1.21. The predicted molar refractivity (Wildman–Crippen MR) is 116 cm³/mol. The molecule has 3 heterocycles. The molecule has 1 unspecified atom stereocenters. The summed E-state index contributed by atoms with van der Waals surface area (Å²) in [6.45, 7) is 6.23. The van der Waals surface area contributed by atoms with Gasteiger partial charge in [-0.15, -0.1) is 0 Å². The fourth-order valence-corrected chi connectivity index (χ4v) is 4.35. The Morgan fingerprint density at radius 1 is 1.18 bits per heavy atom. The lowest BCUT2D eigenvalue weighted by molar-refractivity contribution is -0.117. The third-order valence-corrected chi connectivity index (χ3v) is 5.71. The van der Waals surface area contributed by atoms with E-state index in [1.165, 1.54) is 30.2 Å². The Kier molecular flexibility index (Phi) is 5.85. The maximum absolute atomic E-state index is 15.4. The molecule has 4 rings (SSSR count). The maximum atomic E-state index is 15.4. The molecule has 1 atom stereocenters. The smallest absolute Gasteiger partial charge is 0.411 e. The number of esters is 1. The van der Waals surface area contributed by atoms with Crippen molar-refractivity contribution in [1.29, 1.82) is 0 Å². The normalized spacial score (nSPS) is 18.3. The first-order valence-electron chi connectivity index (χ1n) is 10.8. The van der Waals surface area contributed by atoms with Crippen LogP contribution in [0.5, 0.6) is 0 Å². The van der Waals surface area contributed by atoms with Crippen LogP contribution in [0.25, 0.3) is 0 Å². The zero-order valence-electron chi connectivity index (χ0n) is 19.1. The summed E-state index contributed by atoms with van der Waals surface area (Å²) in [5.41, 5.74) is 0.134. The molecule has 0 N–H and O–H groups in total. The summed E-state index contributed by atoms with van der Waals surface area (Å²) in [6.07, 6.45) is 2.00. The molecule has 0 saturated carbocycles. The van der Waals surface area contributed by atoms with E-state index in [0.717, 1.165) is 0 Å². The van der Waals surface area contributed by atoms with E-state index in [1.807, 2.05) is 0 Å². The molecule has 0 radical (unpaired) electrons. The van der Waals surface area contributed by atoms with Crippen molar-refractivity contribution in [1.82, 2.24) is 14.7 Å². The quantitative estimate of drug-likeness (QED) is 0.656. The van der Waals surface area contributed by atoms with Crippen LogP contribution in [-0.2, 0) is 20.8 Å². The van der Waals surface area contributed by atoms with Gasteiger partial charge in [0.1, 0.15) is 17.5 Å². The number of amides is 2. The Morgan fingerprint density at radius 3 is 2.58 bits per heavy atom. The monoisotopic (exact) mass is 458 g/mol. The van der Waals surface area contributed by atoms with Gasteiger partial charge in [0.05, 0.1) is 36.8 Å². The number of hydrogen-bond donors (Lipinski definition) is 0. The molecule has 1 saturated heterocycles. The van der Waals surface area contributed by atoms with Crippen molar-refractivity contribution < 1.29 is 28.2 Å². The van der Waals surface area contributed by atoms with Crippen molar-refractivity contribution >= 4 is 23.7 Å². The highest BCUT2D eigenvalue weighted by Crippen LogP contribution is 2.42. The van der Waals surface area contributed by atoms with Crippen molar-refractivity contribution in [2.75, 3.05) is 25.1 Å². The number of aromatic nitrogens is 2. The lowest BCUT2D eigenvalue weighted by atomic mass is 9.93. The van der Waals surface area contributed by atoms with Crippen LogP contribution in [0.1, 0.15) is 61.3 Å². The van der Waals surface area contributed by atoms with E-state index >= 15 is 4.39 Å². The molecular formula is C23H27FN4O5. The largest absolute Gasteiger partial charge is 0.465 e. The Hall–Kier alpha value is -3.43. The highest BCUT2D eigenvalue weighted by Gasteiger charge is 2.42. The highest BCUT2D eigenvalue weighted by atomic mass is 19.1. The van der Waals surface area contributed by atoms with Gasteiger partial charge in [0, 0.05) is 25.1 Å². The molecule has 9 nitrogen and oxygen atoms in total. The van der Waals surface area contributed by atoms with Gasteiger partial charge in [0.25, 0.3) is 0 Å². The SMILES string of the molecule is COC(=O)c1cccc(F)c1C1c2c(N3CCCC3=O)cnn2CCN1C(=O)OC(C)(C)C. The first-order chi connectivity index (χ1) is 15.6. The molecule has 2 aliphatic rings. The van der Waals surface area contributed by atoms with Crippen LogP contribution in [0.3, 0.4) is 0 Å². The van der Waals surface area contributed by atoms with E-state index in [-0.39, 0.29) is 23.6 Å². The minimum Gasteiger partial charge on any atom is -0.465 e. The molecule has 0 spiro atoms. The fourth-order valence-electron chi connectivity index (χ4n) is 4.35. The minimum atomic E-state index is -1.05. The van der Waals surface area contributed by atoms with Gasteiger partial charge in [-0.25, -0.2) is 14.0 Å². The second kappa shape index (κ2) is 8.49. The zero-order chi connectivity index (χ0) is 23.9. The Morgan fingerprint density at radius 2 is 1.94 bits per heavy atom. The van der Waals surface area contributed by atoms with Crippen molar-refractivity contribution in [3.63, 3.8) is 0 Å². The molecule has 2 aromatic rings. The molecule has 10 heteroatoms. The number of benzene rings is 1. The number of carbonyl (C=O) groups excluding carboxylic acids is 3. The van der Waals surface area contributed by atoms with E-state index < -0.39 is 29.5 Å². The molecule has 2 amide bonds. The molecule has 1 aromatic carbocycles. The molecule has 0 aliphatic carbocycles. The van der Waals surface area contributed by atoms with Gasteiger partial charge in [0.15, 0.2) is 0 Å². The average Bonchev–Trinajstić information content (AvgIpc) is 3.36. The van der Waals surface area contributed by atoms with Gasteiger partial charge in [-0.1, -0.05) is 6.07 Å². The van der Waals surface area contributed by atoms with Gasteiger partial charge in [-0.3, -0.25) is 14.4 Å². The van der Waals surface area contributed by atoms with Gasteiger partial charge in [-0.2, -0.15) is 5.10 Å². The van der Waals surface area contributed by atoms with E-state index in [4.69, 9.17) is 9.47 Å². The minimum absolute atomic E-state index is 0.00981. The van der Waals surface area contributed by atoms with E-state index in [0.29, 0.717) is 37.3 Å². The van der Waals surface area contributed by atoms with E-state index in [2.05, 4.69) is 5.10 Å². The van der Waals surface area contributed by atoms with Gasteiger partial charge in [-0.05, 0) is 39.3 Å². The van der Waals surface area contributed by atoms with Crippen LogP contribution in [0, 0.1) is 5.82 Å². The van der Waals surface area contributed by atoms with Gasteiger partial charge >= 0.3 is 12.1 Å². The predicted octanol–water partition coefficient (Wildman–Crippen LogP) is 3.28. The Bertz CT molecular complexity index is 1110. The lowest BCUT2D eigenvalue weighted by Gasteiger charge is -2.39. The molecule has 176 valence electrons. The topological polar surface area (TPSA) is 94.0 Å². The van der Waals surface area contributed by atoms with Crippen LogP contribution in [-0.4, -0.2) is 58.5 Å². The second-order valence-electron chi connectivity index (χ2n) is 9.06. The number of anilines is 1. The molecule has 1 fully saturated rings. The summed E-state index contributed by atoms with van der Waals surface area (Å²) in [5, 5.41) is 4.41. The second-order valence-corrected chi connectivity index (χ2v) is 9.06. The number of hydrogen-bond acceptors (Lipinski definition) is 6. The first kappa shape index (κ1) is 22.8. The standard InChI is InChI=1S/C23H27FN4O5/c1-23(2,3)33-22(31)27-11-12-28-19(16(13-25-28)26-10-6-9-17(26)29)20(27)18-14(21(30)32-4)7-5-8-15(18)24/h5,7-8,13,20H,6,9-12H2,1-4H3. The van der Waals surface area contributed by atoms with Crippen molar-refractivity contribution in [2.24, 2.45) is 0 Å². The number of rotatable bonds is 3. The first-order valence-corrected chi connectivity index (χ1v) is 10.8. The molecule has 33 heavy (non-hydrogen) atoms. The maximum Gasteiger partial charge on any atom is 0.411 e. The van der Waals surface area contributed by atoms with Crippen molar-refractivity contribution in [3.05, 3.63) is 47.0 Å². The molecule has 1 aromatic heterocycles. The van der Waals surface area contributed by atoms with Gasteiger partial charge < -0.3 is 14.4 Å². The molecular weight excluding hydrogens is 431 g/mol. The number of ether oxygens (including phenoxy) is 2. The number of fused-ring (bicyclic) bond motifs is 1. The summed E-state index contributed by atoms with van der Waals surface area (Å²) in [5.74, 6) is -1.48. The summed E-state index contributed by atoms with van der Waals surface area (Å²) in [6, 6.07) is 3.04. The zero-order valence-corrected chi connectivity index (χ0v) is 19.1. The third kappa shape index (κ3) is 4.17.